The Bertz CT molecular complexity index is 409. The molecule has 0 N–H and O–H groups in total. The molecule has 0 aliphatic rings. The van der Waals surface area contributed by atoms with Gasteiger partial charge >= 0.3 is 6.61 Å². The number of benzene rings is 1. The van der Waals surface area contributed by atoms with Crippen molar-refractivity contribution in [1.82, 2.24) is 0 Å². The van der Waals surface area contributed by atoms with Crippen LogP contribution in [0.15, 0.2) is 30.5 Å². The SMILES string of the molecule is O=[N+]([O-])/C=C/c1cccc(OCOC(F)F)c1. The minimum atomic E-state index is -2.90. The topological polar surface area (TPSA) is 61.6 Å². The fourth-order valence-electron chi connectivity index (χ4n) is 1.01. The first-order valence-corrected chi connectivity index (χ1v) is 4.52. The molecule has 0 bridgehead atoms. The fourth-order valence-corrected chi connectivity index (χ4v) is 1.01. The van der Waals surface area contributed by atoms with Crippen LogP contribution in [-0.2, 0) is 4.74 Å². The van der Waals surface area contributed by atoms with E-state index < -0.39 is 18.3 Å². The predicted molar refractivity (Wildman–Crippen MR) is 55.1 cm³/mol. The number of rotatable bonds is 6. The van der Waals surface area contributed by atoms with E-state index in [4.69, 9.17) is 4.74 Å². The van der Waals surface area contributed by atoms with E-state index >= 15 is 0 Å². The fraction of sp³-hybridized carbons (Fsp3) is 0.200. The predicted octanol–water partition coefficient (Wildman–Crippen LogP) is 2.51. The first-order chi connectivity index (χ1) is 8.08. The lowest BCUT2D eigenvalue weighted by molar-refractivity contribution is -0.400. The highest BCUT2D eigenvalue weighted by Gasteiger charge is 2.01. The average molecular weight is 245 g/mol. The zero-order valence-electron chi connectivity index (χ0n) is 8.58. The molecule has 1 rings (SSSR count). The van der Waals surface area contributed by atoms with Gasteiger partial charge in [0.15, 0.2) is 6.79 Å². The maximum Gasteiger partial charge on any atom is 0.348 e. The number of hydrogen-bond donors (Lipinski definition) is 0. The monoisotopic (exact) mass is 245 g/mol. The van der Waals surface area contributed by atoms with Gasteiger partial charge in [-0.2, -0.15) is 8.78 Å². The Morgan fingerprint density at radius 3 is 2.88 bits per heavy atom. The first-order valence-electron chi connectivity index (χ1n) is 4.52. The highest BCUT2D eigenvalue weighted by atomic mass is 19.3. The molecule has 0 amide bonds. The van der Waals surface area contributed by atoms with Crippen LogP contribution in [0.2, 0.25) is 0 Å². The second kappa shape index (κ2) is 6.54. The van der Waals surface area contributed by atoms with Gasteiger partial charge < -0.3 is 4.74 Å². The highest BCUT2D eigenvalue weighted by molar-refractivity contribution is 5.50. The van der Waals surface area contributed by atoms with Gasteiger partial charge in [-0.3, -0.25) is 14.9 Å². The molecule has 0 spiro atoms. The second-order valence-corrected chi connectivity index (χ2v) is 2.86. The van der Waals surface area contributed by atoms with Gasteiger partial charge in [-0.05, 0) is 17.7 Å². The van der Waals surface area contributed by atoms with Crippen LogP contribution >= 0.6 is 0 Å². The Morgan fingerprint density at radius 1 is 1.47 bits per heavy atom. The average Bonchev–Trinajstić information content (AvgIpc) is 2.26. The molecule has 0 aliphatic heterocycles. The minimum Gasteiger partial charge on any atom is -0.467 e. The Hall–Kier alpha value is -2.02. The lowest BCUT2D eigenvalue weighted by atomic mass is 10.2. The molecular formula is C10H9F2NO4. The smallest absolute Gasteiger partial charge is 0.348 e. The Kier molecular flexibility index (Phi) is 5.02. The summed E-state index contributed by atoms with van der Waals surface area (Å²) in [6.45, 7) is -3.48. The van der Waals surface area contributed by atoms with Gasteiger partial charge in [-0.25, -0.2) is 0 Å². The van der Waals surface area contributed by atoms with Crippen molar-refractivity contribution in [1.29, 1.82) is 0 Å². The van der Waals surface area contributed by atoms with Crippen LogP contribution in [0.5, 0.6) is 5.75 Å². The van der Waals surface area contributed by atoms with Gasteiger partial charge in [0, 0.05) is 6.08 Å². The molecule has 0 heterocycles. The van der Waals surface area contributed by atoms with E-state index in [-0.39, 0.29) is 5.75 Å². The van der Waals surface area contributed by atoms with Gasteiger partial charge in [-0.1, -0.05) is 12.1 Å². The van der Waals surface area contributed by atoms with Crippen LogP contribution in [0, 0.1) is 10.1 Å². The molecule has 1 aromatic rings. The maximum atomic E-state index is 11.6. The number of hydrogen-bond acceptors (Lipinski definition) is 4. The number of alkyl halides is 2. The molecule has 0 saturated carbocycles. The van der Waals surface area contributed by atoms with Gasteiger partial charge in [0.1, 0.15) is 5.75 Å². The standard InChI is InChI=1S/C10H9F2NO4/c11-10(12)17-7-16-9-3-1-2-8(6-9)4-5-13(14)15/h1-6,10H,7H2/b5-4+. The van der Waals surface area contributed by atoms with Crippen LogP contribution in [0.1, 0.15) is 5.56 Å². The molecule has 0 saturated heterocycles. The van der Waals surface area contributed by atoms with E-state index in [9.17, 15) is 18.9 Å². The summed E-state index contributed by atoms with van der Waals surface area (Å²) in [5, 5.41) is 10.1. The molecule has 0 atom stereocenters. The van der Waals surface area contributed by atoms with Crippen molar-refractivity contribution in [2.45, 2.75) is 6.61 Å². The number of ether oxygens (including phenoxy) is 2. The molecule has 0 aliphatic carbocycles. The van der Waals surface area contributed by atoms with E-state index in [0.717, 1.165) is 6.20 Å². The maximum absolute atomic E-state index is 11.6. The van der Waals surface area contributed by atoms with Crippen molar-refractivity contribution in [2.24, 2.45) is 0 Å². The summed E-state index contributed by atoms with van der Waals surface area (Å²) in [6.07, 6.45) is 2.04. The van der Waals surface area contributed by atoms with Crippen molar-refractivity contribution in [3.05, 3.63) is 46.1 Å². The minimum absolute atomic E-state index is 0.288. The van der Waals surface area contributed by atoms with Crippen molar-refractivity contribution in [2.75, 3.05) is 6.79 Å². The summed E-state index contributed by atoms with van der Waals surface area (Å²) in [7, 11) is 0. The van der Waals surface area contributed by atoms with Crippen molar-refractivity contribution < 1.29 is 23.2 Å². The van der Waals surface area contributed by atoms with Gasteiger partial charge in [0.05, 0.1) is 4.92 Å². The Morgan fingerprint density at radius 2 is 2.24 bits per heavy atom. The quantitative estimate of drug-likeness (QED) is 0.439. The van der Waals surface area contributed by atoms with Gasteiger partial charge in [0.25, 0.3) is 0 Å². The van der Waals surface area contributed by atoms with E-state index in [1.54, 1.807) is 12.1 Å². The molecule has 1 aromatic carbocycles. The summed E-state index contributed by atoms with van der Waals surface area (Å²) in [4.78, 5) is 9.48. The van der Waals surface area contributed by atoms with Crippen molar-refractivity contribution in [3.8, 4) is 5.75 Å². The van der Waals surface area contributed by atoms with E-state index in [2.05, 4.69) is 4.74 Å². The third kappa shape index (κ3) is 5.57. The molecular weight excluding hydrogens is 236 g/mol. The molecule has 17 heavy (non-hydrogen) atoms. The molecule has 0 fully saturated rings. The third-order valence-corrected chi connectivity index (χ3v) is 1.67. The zero-order valence-corrected chi connectivity index (χ0v) is 8.58. The van der Waals surface area contributed by atoms with E-state index in [1.165, 1.54) is 18.2 Å². The molecule has 92 valence electrons. The molecule has 5 nitrogen and oxygen atoms in total. The van der Waals surface area contributed by atoms with Crippen LogP contribution in [0.25, 0.3) is 6.08 Å². The van der Waals surface area contributed by atoms with E-state index in [1.807, 2.05) is 0 Å². The van der Waals surface area contributed by atoms with Crippen LogP contribution in [-0.4, -0.2) is 18.3 Å². The summed E-state index contributed by atoms with van der Waals surface area (Å²) >= 11 is 0. The van der Waals surface area contributed by atoms with E-state index in [0.29, 0.717) is 5.56 Å². The van der Waals surface area contributed by atoms with Crippen molar-refractivity contribution in [3.63, 3.8) is 0 Å². The normalized spacial score (nSPS) is 11.0. The summed E-state index contributed by atoms with van der Waals surface area (Å²) in [5.74, 6) is 0.288. The van der Waals surface area contributed by atoms with Gasteiger partial charge in [0.2, 0.25) is 6.20 Å². The van der Waals surface area contributed by atoms with Crippen molar-refractivity contribution >= 4 is 6.08 Å². The Labute approximate surface area is 95.4 Å². The highest BCUT2D eigenvalue weighted by Crippen LogP contribution is 2.14. The van der Waals surface area contributed by atoms with Crippen LogP contribution in [0.4, 0.5) is 8.78 Å². The van der Waals surface area contributed by atoms with Gasteiger partial charge in [-0.15, -0.1) is 0 Å². The summed E-state index contributed by atoms with van der Waals surface area (Å²) < 4.78 is 32.0. The summed E-state index contributed by atoms with van der Waals surface area (Å²) in [6, 6.07) is 6.19. The Balaban J connectivity index is 2.56. The van der Waals surface area contributed by atoms with Crippen LogP contribution < -0.4 is 4.74 Å². The molecule has 0 aromatic heterocycles. The number of halogens is 2. The number of nitro groups is 1. The largest absolute Gasteiger partial charge is 0.467 e. The summed E-state index contributed by atoms with van der Waals surface area (Å²) in [5.41, 5.74) is 0.524. The lowest BCUT2D eigenvalue weighted by Crippen LogP contribution is -2.06. The zero-order chi connectivity index (χ0) is 12.7. The second-order valence-electron chi connectivity index (χ2n) is 2.86. The number of nitrogens with zero attached hydrogens (tertiary/aromatic N) is 1. The molecule has 0 unspecified atom stereocenters. The molecule has 0 radical (unpaired) electrons. The van der Waals surface area contributed by atoms with Crippen LogP contribution in [0.3, 0.4) is 0 Å². The lowest BCUT2D eigenvalue weighted by Gasteiger charge is -2.06. The molecule has 7 heteroatoms. The first kappa shape index (κ1) is 13.0. The third-order valence-electron chi connectivity index (χ3n) is 1.67.